The first-order chi connectivity index (χ1) is 6.65. The van der Waals surface area contributed by atoms with Crippen molar-refractivity contribution in [1.82, 2.24) is 10.6 Å². The molecule has 4 nitrogen and oxygen atoms in total. The molecule has 1 amide bonds. The average molecular weight is 200 g/mol. The lowest BCUT2D eigenvalue weighted by Gasteiger charge is -2.35. The third-order valence-electron chi connectivity index (χ3n) is 2.82. The fourth-order valence-corrected chi connectivity index (χ4v) is 1.96. The van der Waals surface area contributed by atoms with Gasteiger partial charge < -0.3 is 15.4 Å². The number of ether oxygens (including phenoxy) is 1. The number of amides is 1. The molecule has 3 atom stereocenters. The Morgan fingerprint density at radius 1 is 1.57 bits per heavy atom. The molecule has 0 aromatic heterocycles. The van der Waals surface area contributed by atoms with Crippen LogP contribution in [0.5, 0.6) is 0 Å². The largest absolute Gasteiger partial charge is 0.375 e. The van der Waals surface area contributed by atoms with Crippen LogP contribution < -0.4 is 10.6 Å². The second-order valence-corrected chi connectivity index (χ2v) is 4.04. The van der Waals surface area contributed by atoms with Gasteiger partial charge in [-0.3, -0.25) is 4.79 Å². The minimum absolute atomic E-state index is 0.0279. The van der Waals surface area contributed by atoms with Gasteiger partial charge in [0.25, 0.3) is 0 Å². The van der Waals surface area contributed by atoms with Gasteiger partial charge in [0.15, 0.2) is 0 Å². The smallest absolute Gasteiger partial charge is 0.246 e. The first-order valence-electron chi connectivity index (χ1n) is 5.17. The highest BCUT2D eigenvalue weighted by atomic mass is 16.5. The zero-order chi connectivity index (χ0) is 10.6. The maximum Gasteiger partial charge on any atom is 0.246 e. The van der Waals surface area contributed by atoms with Crippen molar-refractivity contribution >= 4 is 5.91 Å². The maximum absolute atomic E-state index is 11.3. The van der Waals surface area contributed by atoms with E-state index in [-0.39, 0.29) is 18.6 Å². The molecule has 0 bridgehead atoms. The highest BCUT2D eigenvalue weighted by Gasteiger charge is 2.28. The van der Waals surface area contributed by atoms with E-state index in [1.54, 1.807) is 0 Å². The summed E-state index contributed by atoms with van der Waals surface area (Å²) in [5.74, 6) is 0.506. The molecule has 0 spiro atoms. The van der Waals surface area contributed by atoms with Gasteiger partial charge >= 0.3 is 0 Å². The van der Waals surface area contributed by atoms with Crippen LogP contribution in [0.1, 0.15) is 20.3 Å². The minimum Gasteiger partial charge on any atom is -0.375 e. The number of hydrogen-bond donors (Lipinski definition) is 2. The second-order valence-electron chi connectivity index (χ2n) is 4.04. The van der Waals surface area contributed by atoms with Crippen LogP contribution in [-0.4, -0.2) is 38.3 Å². The second kappa shape index (κ2) is 5.32. The molecule has 82 valence electrons. The Morgan fingerprint density at radius 3 is 2.86 bits per heavy atom. The summed E-state index contributed by atoms with van der Waals surface area (Å²) in [4.78, 5) is 11.3. The molecule has 1 aliphatic heterocycles. The van der Waals surface area contributed by atoms with E-state index >= 15 is 0 Å². The Morgan fingerprint density at radius 2 is 2.29 bits per heavy atom. The van der Waals surface area contributed by atoms with Crippen LogP contribution in [0, 0.1) is 5.92 Å². The molecule has 1 aliphatic rings. The van der Waals surface area contributed by atoms with Gasteiger partial charge in [-0.15, -0.1) is 0 Å². The highest BCUT2D eigenvalue weighted by Crippen LogP contribution is 2.15. The van der Waals surface area contributed by atoms with E-state index in [0.717, 1.165) is 13.0 Å². The van der Waals surface area contributed by atoms with Gasteiger partial charge in [-0.2, -0.15) is 0 Å². The third-order valence-corrected chi connectivity index (χ3v) is 2.82. The van der Waals surface area contributed by atoms with Gasteiger partial charge in [-0.25, -0.2) is 0 Å². The van der Waals surface area contributed by atoms with E-state index in [2.05, 4.69) is 24.5 Å². The van der Waals surface area contributed by atoms with E-state index in [1.807, 2.05) is 0 Å². The molecule has 1 heterocycles. The van der Waals surface area contributed by atoms with Gasteiger partial charge in [-0.1, -0.05) is 6.92 Å². The summed E-state index contributed by atoms with van der Waals surface area (Å²) in [6, 6.07) is 0.575. The van der Waals surface area contributed by atoms with Crippen LogP contribution in [0.25, 0.3) is 0 Å². The fourth-order valence-electron chi connectivity index (χ4n) is 1.96. The fraction of sp³-hybridized carbons (Fsp3) is 0.900. The van der Waals surface area contributed by atoms with Crippen LogP contribution in [0.2, 0.25) is 0 Å². The van der Waals surface area contributed by atoms with Gasteiger partial charge in [0, 0.05) is 19.2 Å². The van der Waals surface area contributed by atoms with Gasteiger partial charge in [0.1, 0.15) is 6.61 Å². The molecular formula is C10H20N2O2. The predicted molar refractivity (Wildman–Crippen MR) is 55.1 cm³/mol. The van der Waals surface area contributed by atoms with Crippen LogP contribution >= 0.6 is 0 Å². The summed E-state index contributed by atoms with van der Waals surface area (Å²) in [5, 5.41) is 6.35. The number of carbonyl (C=O) groups excluding carboxylic acids is 1. The first-order valence-corrected chi connectivity index (χ1v) is 5.17. The molecule has 2 N–H and O–H groups in total. The Kier molecular flexibility index (Phi) is 4.35. The molecule has 0 aliphatic carbocycles. The van der Waals surface area contributed by atoms with Crippen molar-refractivity contribution in [3.63, 3.8) is 0 Å². The molecule has 3 unspecified atom stereocenters. The van der Waals surface area contributed by atoms with E-state index in [0.29, 0.717) is 12.0 Å². The third kappa shape index (κ3) is 2.96. The predicted octanol–water partition coefficient (Wildman–Crippen LogP) is 0.136. The SMILES string of the molecule is COCC(=O)NC1C(C)CCNC1C. The maximum atomic E-state index is 11.3. The van der Waals surface area contributed by atoms with Crippen molar-refractivity contribution < 1.29 is 9.53 Å². The van der Waals surface area contributed by atoms with Crippen LogP contribution in [0.4, 0.5) is 0 Å². The number of methoxy groups -OCH3 is 1. The molecule has 0 aromatic carbocycles. The summed E-state index contributed by atoms with van der Waals surface area (Å²) < 4.78 is 4.78. The molecular weight excluding hydrogens is 180 g/mol. The molecule has 1 fully saturated rings. The van der Waals surface area contributed by atoms with Crippen molar-refractivity contribution in [2.75, 3.05) is 20.3 Å². The van der Waals surface area contributed by atoms with Crippen molar-refractivity contribution in [3.8, 4) is 0 Å². The van der Waals surface area contributed by atoms with Gasteiger partial charge in [0.2, 0.25) is 5.91 Å². The van der Waals surface area contributed by atoms with Crippen molar-refractivity contribution in [3.05, 3.63) is 0 Å². The lowest BCUT2D eigenvalue weighted by molar-refractivity contribution is -0.126. The number of hydrogen-bond acceptors (Lipinski definition) is 3. The van der Waals surface area contributed by atoms with Crippen LogP contribution in [0.15, 0.2) is 0 Å². The normalized spacial score (nSPS) is 32.6. The summed E-state index contributed by atoms with van der Waals surface area (Å²) in [6.07, 6.45) is 1.11. The summed E-state index contributed by atoms with van der Waals surface area (Å²) in [6.45, 7) is 5.47. The standard InChI is InChI=1S/C10H20N2O2/c1-7-4-5-11-8(2)10(7)12-9(13)6-14-3/h7-8,10-11H,4-6H2,1-3H3,(H,12,13). The molecule has 14 heavy (non-hydrogen) atoms. The highest BCUT2D eigenvalue weighted by molar-refractivity contribution is 5.77. The van der Waals surface area contributed by atoms with Crippen molar-refractivity contribution in [2.24, 2.45) is 5.92 Å². The molecule has 4 heteroatoms. The van der Waals surface area contributed by atoms with Crippen LogP contribution in [0.3, 0.4) is 0 Å². The Bertz CT molecular complexity index is 187. The average Bonchev–Trinajstić information content (AvgIpc) is 2.12. The van der Waals surface area contributed by atoms with Crippen molar-refractivity contribution in [1.29, 1.82) is 0 Å². The molecule has 0 saturated carbocycles. The lowest BCUT2D eigenvalue weighted by Crippen LogP contribution is -2.56. The van der Waals surface area contributed by atoms with Crippen molar-refractivity contribution in [2.45, 2.75) is 32.4 Å². The zero-order valence-corrected chi connectivity index (χ0v) is 9.17. The Labute approximate surface area is 85.4 Å². The monoisotopic (exact) mass is 200 g/mol. The van der Waals surface area contributed by atoms with Gasteiger partial charge in [0.05, 0.1) is 0 Å². The molecule has 0 radical (unpaired) electrons. The molecule has 0 aromatic rings. The summed E-state index contributed by atoms with van der Waals surface area (Å²) >= 11 is 0. The Hall–Kier alpha value is -0.610. The summed E-state index contributed by atoms with van der Waals surface area (Å²) in [7, 11) is 1.53. The van der Waals surface area contributed by atoms with E-state index < -0.39 is 0 Å². The number of rotatable bonds is 3. The number of piperidine rings is 1. The van der Waals surface area contributed by atoms with E-state index in [4.69, 9.17) is 4.74 Å². The molecule has 1 saturated heterocycles. The van der Waals surface area contributed by atoms with E-state index in [9.17, 15) is 4.79 Å². The Balaban J connectivity index is 2.43. The lowest BCUT2D eigenvalue weighted by atomic mass is 9.89. The summed E-state index contributed by atoms with van der Waals surface area (Å²) in [5.41, 5.74) is 0. The number of carbonyl (C=O) groups is 1. The first kappa shape index (κ1) is 11.5. The van der Waals surface area contributed by atoms with E-state index in [1.165, 1.54) is 7.11 Å². The number of nitrogens with one attached hydrogen (secondary N) is 2. The minimum atomic E-state index is -0.0279. The zero-order valence-electron chi connectivity index (χ0n) is 9.17. The quantitative estimate of drug-likeness (QED) is 0.681. The topological polar surface area (TPSA) is 50.4 Å². The van der Waals surface area contributed by atoms with Crippen LogP contribution in [-0.2, 0) is 9.53 Å². The molecule has 1 rings (SSSR count). The van der Waals surface area contributed by atoms with Gasteiger partial charge in [-0.05, 0) is 25.8 Å².